The molecule has 0 fully saturated rings. The minimum absolute atomic E-state index is 0.0108. The summed E-state index contributed by atoms with van der Waals surface area (Å²) >= 11 is 0. The number of nitriles is 1. The van der Waals surface area contributed by atoms with Crippen molar-refractivity contribution in [3.63, 3.8) is 0 Å². The molecule has 2 aromatic rings. The van der Waals surface area contributed by atoms with Crippen LogP contribution in [0.3, 0.4) is 0 Å². The molecule has 17 heavy (non-hydrogen) atoms. The first kappa shape index (κ1) is 11.4. The third-order valence-corrected chi connectivity index (χ3v) is 2.91. The lowest BCUT2D eigenvalue weighted by Crippen LogP contribution is -2.08. The summed E-state index contributed by atoms with van der Waals surface area (Å²) in [6.45, 7) is 4.45. The van der Waals surface area contributed by atoms with E-state index in [-0.39, 0.29) is 12.0 Å². The summed E-state index contributed by atoms with van der Waals surface area (Å²) in [5.74, 6) is 0.392. The minimum Gasteiger partial charge on any atom is -0.333 e. The van der Waals surface area contributed by atoms with Crippen molar-refractivity contribution in [2.24, 2.45) is 0 Å². The van der Waals surface area contributed by atoms with Crippen LogP contribution in [0.2, 0.25) is 0 Å². The van der Waals surface area contributed by atoms with Crippen LogP contribution in [-0.2, 0) is 6.54 Å². The molecular formula is C14H14N2O. The monoisotopic (exact) mass is 226 g/mol. The van der Waals surface area contributed by atoms with Gasteiger partial charge in [-0.15, -0.1) is 0 Å². The lowest BCUT2D eigenvalue weighted by atomic mass is 10.0. The first-order valence-electron chi connectivity index (χ1n) is 5.63. The molecular weight excluding hydrogens is 212 g/mol. The molecule has 0 N–H and O–H groups in total. The summed E-state index contributed by atoms with van der Waals surface area (Å²) in [5, 5.41) is 9.43. The van der Waals surface area contributed by atoms with E-state index in [1.54, 1.807) is 10.8 Å². The van der Waals surface area contributed by atoms with Gasteiger partial charge >= 0.3 is 0 Å². The molecule has 0 bridgehead atoms. The Morgan fingerprint density at radius 3 is 2.76 bits per heavy atom. The third kappa shape index (κ3) is 2.07. The van der Waals surface area contributed by atoms with E-state index in [1.165, 1.54) is 6.07 Å². The zero-order valence-corrected chi connectivity index (χ0v) is 9.97. The van der Waals surface area contributed by atoms with Crippen LogP contribution in [0.15, 0.2) is 35.3 Å². The molecule has 0 unspecified atom stereocenters. The van der Waals surface area contributed by atoms with E-state index in [9.17, 15) is 4.79 Å². The molecule has 0 amide bonds. The van der Waals surface area contributed by atoms with Gasteiger partial charge in [-0.1, -0.05) is 19.9 Å². The summed E-state index contributed by atoms with van der Waals surface area (Å²) in [6, 6.07) is 9.47. The molecule has 3 nitrogen and oxygen atoms in total. The second-order valence-electron chi connectivity index (χ2n) is 4.40. The molecule has 2 rings (SSSR count). The molecule has 0 atom stereocenters. The number of hydrogen-bond acceptors (Lipinski definition) is 2. The highest BCUT2D eigenvalue weighted by molar-refractivity contribution is 5.79. The summed E-state index contributed by atoms with van der Waals surface area (Å²) in [4.78, 5) is 11.8. The summed E-state index contributed by atoms with van der Waals surface area (Å²) in [7, 11) is 0. The Kier molecular flexibility index (Phi) is 2.97. The maximum Gasteiger partial charge on any atom is 0.189 e. The highest BCUT2D eigenvalue weighted by Gasteiger charge is 2.05. The fraction of sp³-hybridized carbons (Fsp3) is 0.286. The quantitative estimate of drug-likeness (QED) is 0.790. The van der Waals surface area contributed by atoms with Crippen molar-refractivity contribution in [3.05, 3.63) is 46.2 Å². The number of rotatable bonds is 2. The van der Waals surface area contributed by atoms with Gasteiger partial charge in [0.15, 0.2) is 5.43 Å². The van der Waals surface area contributed by atoms with Crippen molar-refractivity contribution in [1.82, 2.24) is 4.57 Å². The smallest absolute Gasteiger partial charge is 0.189 e. The van der Waals surface area contributed by atoms with Gasteiger partial charge < -0.3 is 4.57 Å². The SMILES string of the molecule is CC(C)c1ccc2c(c1)c(=O)ccn2CC#N. The van der Waals surface area contributed by atoms with E-state index in [1.807, 2.05) is 18.2 Å². The lowest BCUT2D eigenvalue weighted by molar-refractivity contribution is 0.852. The van der Waals surface area contributed by atoms with Crippen LogP contribution in [0.4, 0.5) is 0 Å². The van der Waals surface area contributed by atoms with E-state index in [2.05, 4.69) is 19.9 Å². The molecule has 1 aromatic heterocycles. The Morgan fingerprint density at radius 1 is 1.35 bits per heavy atom. The van der Waals surface area contributed by atoms with Crippen molar-refractivity contribution in [3.8, 4) is 6.07 Å². The van der Waals surface area contributed by atoms with E-state index in [0.717, 1.165) is 11.1 Å². The van der Waals surface area contributed by atoms with Crippen LogP contribution in [0, 0.1) is 11.3 Å². The van der Waals surface area contributed by atoms with Crippen LogP contribution >= 0.6 is 0 Å². The molecule has 3 heteroatoms. The average Bonchev–Trinajstić information content (AvgIpc) is 2.32. The van der Waals surface area contributed by atoms with Crippen molar-refractivity contribution >= 4 is 10.9 Å². The predicted octanol–water partition coefficient (Wildman–Crippen LogP) is 2.65. The molecule has 0 radical (unpaired) electrons. The highest BCUT2D eigenvalue weighted by atomic mass is 16.1. The minimum atomic E-state index is 0.0108. The van der Waals surface area contributed by atoms with Crippen LogP contribution < -0.4 is 5.43 Å². The van der Waals surface area contributed by atoms with Crippen molar-refractivity contribution in [2.45, 2.75) is 26.3 Å². The molecule has 0 saturated heterocycles. The molecule has 0 saturated carbocycles. The van der Waals surface area contributed by atoms with Gasteiger partial charge in [0.2, 0.25) is 0 Å². The zero-order valence-electron chi connectivity index (χ0n) is 9.97. The summed E-state index contributed by atoms with van der Waals surface area (Å²) < 4.78 is 1.79. The van der Waals surface area contributed by atoms with Gasteiger partial charge in [0.25, 0.3) is 0 Å². The van der Waals surface area contributed by atoms with Gasteiger partial charge in [-0.25, -0.2) is 0 Å². The fourth-order valence-corrected chi connectivity index (χ4v) is 1.90. The molecule has 0 aliphatic heterocycles. The third-order valence-electron chi connectivity index (χ3n) is 2.91. The van der Waals surface area contributed by atoms with Crippen LogP contribution in [0.25, 0.3) is 10.9 Å². The lowest BCUT2D eigenvalue weighted by Gasteiger charge is -2.10. The van der Waals surface area contributed by atoms with Crippen molar-refractivity contribution in [1.29, 1.82) is 5.26 Å². The average molecular weight is 226 g/mol. The number of aromatic nitrogens is 1. The van der Waals surface area contributed by atoms with Gasteiger partial charge in [0, 0.05) is 17.6 Å². The second kappa shape index (κ2) is 4.42. The largest absolute Gasteiger partial charge is 0.333 e. The van der Waals surface area contributed by atoms with Crippen LogP contribution in [-0.4, -0.2) is 4.57 Å². The van der Waals surface area contributed by atoms with Gasteiger partial charge in [-0.05, 0) is 23.6 Å². The van der Waals surface area contributed by atoms with Crippen LogP contribution in [0.5, 0.6) is 0 Å². The number of hydrogen-bond donors (Lipinski definition) is 0. The summed E-state index contributed by atoms with van der Waals surface area (Å²) in [6.07, 6.45) is 1.67. The van der Waals surface area contributed by atoms with E-state index in [4.69, 9.17) is 5.26 Å². The topological polar surface area (TPSA) is 45.8 Å². The highest BCUT2D eigenvalue weighted by Crippen LogP contribution is 2.19. The first-order valence-corrected chi connectivity index (χ1v) is 5.63. The molecule has 1 aromatic carbocycles. The van der Waals surface area contributed by atoms with E-state index in [0.29, 0.717) is 11.3 Å². The first-order chi connectivity index (χ1) is 8.13. The molecule has 86 valence electrons. The molecule has 0 spiro atoms. The number of fused-ring (bicyclic) bond motifs is 1. The maximum absolute atomic E-state index is 11.8. The molecule has 1 heterocycles. The number of pyridine rings is 1. The van der Waals surface area contributed by atoms with Crippen molar-refractivity contribution < 1.29 is 0 Å². The van der Waals surface area contributed by atoms with Gasteiger partial charge in [-0.2, -0.15) is 5.26 Å². The Labute approximate surface area is 99.9 Å². The predicted molar refractivity (Wildman–Crippen MR) is 67.9 cm³/mol. The van der Waals surface area contributed by atoms with Crippen LogP contribution in [0.1, 0.15) is 25.3 Å². The normalized spacial score (nSPS) is 10.7. The zero-order chi connectivity index (χ0) is 12.4. The van der Waals surface area contributed by atoms with Gasteiger partial charge in [-0.3, -0.25) is 4.79 Å². The Hall–Kier alpha value is -2.08. The maximum atomic E-state index is 11.8. The standard InChI is InChI=1S/C14H14N2O/c1-10(2)11-3-4-13-12(9-11)14(17)5-7-16(13)8-6-15/h3-5,7,9-10H,8H2,1-2H3. The number of benzene rings is 1. The fourth-order valence-electron chi connectivity index (χ4n) is 1.90. The van der Waals surface area contributed by atoms with E-state index < -0.39 is 0 Å². The number of nitrogens with zero attached hydrogens (tertiary/aromatic N) is 2. The van der Waals surface area contributed by atoms with E-state index >= 15 is 0 Å². The van der Waals surface area contributed by atoms with Crippen molar-refractivity contribution in [2.75, 3.05) is 0 Å². The molecule has 0 aliphatic rings. The Morgan fingerprint density at radius 2 is 2.12 bits per heavy atom. The molecule has 0 aliphatic carbocycles. The van der Waals surface area contributed by atoms with Gasteiger partial charge in [0.1, 0.15) is 6.54 Å². The Bertz CT molecular complexity index is 647. The Balaban J connectivity index is 2.74. The van der Waals surface area contributed by atoms with Gasteiger partial charge in [0.05, 0.1) is 11.6 Å². The summed E-state index contributed by atoms with van der Waals surface area (Å²) in [5.41, 5.74) is 1.98. The second-order valence-corrected chi connectivity index (χ2v) is 4.40.